The predicted molar refractivity (Wildman–Crippen MR) is 92.9 cm³/mol. The minimum absolute atomic E-state index is 0.0691. The summed E-state index contributed by atoms with van der Waals surface area (Å²) in [4.78, 5) is 0. The lowest BCUT2D eigenvalue weighted by Gasteiger charge is -2.00. The van der Waals surface area contributed by atoms with Crippen molar-refractivity contribution in [2.75, 3.05) is 6.61 Å². The predicted octanol–water partition coefficient (Wildman–Crippen LogP) is 5.24. The van der Waals surface area contributed by atoms with Crippen LogP contribution >= 0.6 is 0 Å². The van der Waals surface area contributed by atoms with Crippen molar-refractivity contribution < 1.29 is 5.11 Å². The van der Waals surface area contributed by atoms with E-state index in [-0.39, 0.29) is 6.61 Å². The molecule has 0 amide bonds. The normalized spacial score (nSPS) is 10.0. The molecule has 0 aliphatic carbocycles. The summed E-state index contributed by atoms with van der Waals surface area (Å²) in [5, 5.41) is 8.46. The number of hydrogen-bond donors (Lipinski definition) is 1. The van der Waals surface area contributed by atoms with Crippen molar-refractivity contribution in [1.29, 1.82) is 0 Å². The number of rotatable bonds is 11. The van der Waals surface area contributed by atoms with Crippen molar-refractivity contribution in [2.24, 2.45) is 0 Å². The van der Waals surface area contributed by atoms with Gasteiger partial charge in [0.1, 0.15) is 6.61 Å². The molecule has 0 atom stereocenters. The Bertz CT molecular complexity index is 346. The summed E-state index contributed by atoms with van der Waals surface area (Å²) in [5.74, 6) is 11.4. The Balaban J connectivity index is 3.22. The first-order valence-corrected chi connectivity index (χ1v) is 8.59. The first kappa shape index (κ1) is 19.8. The van der Waals surface area contributed by atoms with E-state index in [1.807, 2.05) is 0 Å². The maximum absolute atomic E-state index is 8.46. The van der Waals surface area contributed by atoms with Gasteiger partial charge in [-0.05, 0) is 12.8 Å². The average molecular weight is 288 g/mol. The highest BCUT2D eigenvalue weighted by molar-refractivity contribution is 5.13. The molecule has 0 saturated heterocycles. The molecule has 0 heterocycles. The van der Waals surface area contributed by atoms with Crippen LogP contribution in [0, 0.1) is 23.7 Å². The Morgan fingerprint density at radius 1 is 0.714 bits per heavy atom. The van der Waals surface area contributed by atoms with Crippen LogP contribution < -0.4 is 0 Å². The zero-order chi connectivity index (χ0) is 15.4. The van der Waals surface area contributed by atoms with Gasteiger partial charge >= 0.3 is 0 Å². The van der Waals surface area contributed by atoms with Gasteiger partial charge < -0.3 is 5.11 Å². The summed E-state index contributed by atoms with van der Waals surface area (Å²) in [5.41, 5.74) is 0. The van der Waals surface area contributed by atoms with Gasteiger partial charge in [0, 0.05) is 6.42 Å². The van der Waals surface area contributed by atoms with Crippen LogP contribution in [0.5, 0.6) is 0 Å². The van der Waals surface area contributed by atoms with Crippen molar-refractivity contribution in [3.05, 3.63) is 12.2 Å². The van der Waals surface area contributed by atoms with E-state index >= 15 is 0 Å². The van der Waals surface area contributed by atoms with Crippen LogP contribution in [0.4, 0.5) is 0 Å². The molecule has 0 aliphatic rings. The van der Waals surface area contributed by atoms with Crippen molar-refractivity contribution in [3.8, 4) is 23.7 Å². The van der Waals surface area contributed by atoms with E-state index in [4.69, 9.17) is 5.11 Å². The lowest BCUT2D eigenvalue weighted by Crippen LogP contribution is -1.80. The standard InChI is InChI=1S/C20H32O/c1-2-3-4-5-6-7-8-9-10-11-12-13-14-15-16-17-18-19-20-21/h12-13,21H,2-11,14,17,20H2,1H3/b13-12-. The summed E-state index contributed by atoms with van der Waals surface area (Å²) in [6.07, 6.45) is 19.4. The van der Waals surface area contributed by atoms with Crippen molar-refractivity contribution in [2.45, 2.75) is 84.0 Å². The fraction of sp³-hybridized carbons (Fsp3) is 0.700. The van der Waals surface area contributed by atoms with Crippen molar-refractivity contribution in [1.82, 2.24) is 0 Å². The van der Waals surface area contributed by atoms with Gasteiger partial charge in [0.15, 0.2) is 0 Å². The van der Waals surface area contributed by atoms with Crippen molar-refractivity contribution >= 4 is 0 Å². The van der Waals surface area contributed by atoms with E-state index in [1.54, 1.807) is 0 Å². The molecule has 0 spiro atoms. The van der Waals surface area contributed by atoms with Gasteiger partial charge in [-0.3, -0.25) is 0 Å². The molecular weight excluding hydrogens is 256 g/mol. The summed E-state index contributed by atoms with van der Waals surface area (Å²) >= 11 is 0. The monoisotopic (exact) mass is 288 g/mol. The highest BCUT2D eigenvalue weighted by atomic mass is 16.2. The van der Waals surface area contributed by atoms with Crippen LogP contribution in [-0.4, -0.2) is 11.7 Å². The van der Waals surface area contributed by atoms with Gasteiger partial charge in [0.25, 0.3) is 0 Å². The second-order valence-electron chi connectivity index (χ2n) is 5.33. The quantitative estimate of drug-likeness (QED) is 0.313. The third kappa shape index (κ3) is 18.8. The molecule has 21 heavy (non-hydrogen) atoms. The maximum Gasteiger partial charge on any atom is 0.104 e. The van der Waals surface area contributed by atoms with Gasteiger partial charge in [0.2, 0.25) is 0 Å². The third-order valence-electron chi connectivity index (χ3n) is 3.37. The van der Waals surface area contributed by atoms with Crippen LogP contribution in [0.25, 0.3) is 0 Å². The van der Waals surface area contributed by atoms with Crippen LogP contribution in [0.2, 0.25) is 0 Å². The van der Waals surface area contributed by atoms with E-state index in [2.05, 4.69) is 42.8 Å². The molecule has 0 aliphatic heterocycles. The number of aliphatic hydroxyl groups is 1. The maximum atomic E-state index is 8.46. The highest BCUT2D eigenvalue weighted by Gasteiger charge is 1.90. The lowest BCUT2D eigenvalue weighted by molar-refractivity contribution is 0.350. The number of unbranched alkanes of at least 4 members (excludes halogenated alkanes) is 9. The molecule has 0 radical (unpaired) electrons. The molecule has 0 fully saturated rings. The second kappa shape index (κ2) is 18.8. The number of allylic oxidation sites excluding steroid dienone is 2. The SMILES string of the molecule is CCCCCCCCCCC/C=C\CC#CCC#CCO. The van der Waals surface area contributed by atoms with E-state index in [0.29, 0.717) is 6.42 Å². The van der Waals surface area contributed by atoms with Crippen LogP contribution in [0.1, 0.15) is 84.0 Å². The topological polar surface area (TPSA) is 20.2 Å². The molecule has 0 bridgehead atoms. The fourth-order valence-electron chi connectivity index (χ4n) is 2.13. The molecular formula is C20H32O. The largest absolute Gasteiger partial charge is 0.384 e. The molecule has 0 aromatic carbocycles. The van der Waals surface area contributed by atoms with E-state index < -0.39 is 0 Å². The minimum Gasteiger partial charge on any atom is -0.384 e. The Labute approximate surface area is 132 Å². The van der Waals surface area contributed by atoms with Crippen LogP contribution in [0.3, 0.4) is 0 Å². The zero-order valence-corrected chi connectivity index (χ0v) is 13.8. The Kier molecular flexibility index (Phi) is 17.8. The summed E-state index contributed by atoms with van der Waals surface area (Å²) in [6.45, 7) is 2.20. The molecule has 0 rings (SSSR count). The zero-order valence-electron chi connectivity index (χ0n) is 13.8. The number of aliphatic hydroxyl groups excluding tert-OH is 1. The molecule has 1 heteroatoms. The fourth-order valence-corrected chi connectivity index (χ4v) is 2.13. The van der Waals surface area contributed by atoms with Crippen LogP contribution in [-0.2, 0) is 0 Å². The van der Waals surface area contributed by atoms with Gasteiger partial charge in [0.05, 0.1) is 6.42 Å². The molecule has 0 unspecified atom stereocenters. The van der Waals surface area contributed by atoms with E-state index in [9.17, 15) is 0 Å². The second-order valence-corrected chi connectivity index (χ2v) is 5.33. The summed E-state index contributed by atoms with van der Waals surface area (Å²) in [7, 11) is 0. The summed E-state index contributed by atoms with van der Waals surface area (Å²) in [6, 6.07) is 0. The van der Waals surface area contributed by atoms with Crippen molar-refractivity contribution in [3.63, 3.8) is 0 Å². The van der Waals surface area contributed by atoms with Gasteiger partial charge in [-0.25, -0.2) is 0 Å². The highest BCUT2D eigenvalue weighted by Crippen LogP contribution is 2.10. The van der Waals surface area contributed by atoms with Gasteiger partial charge in [-0.2, -0.15) is 0 Å². The first-order valence-electron chi connectivity index (χ1n) is 8.59. The average Bonchev–Trinajstić information content (AvgIpc) is 2.50. The molecule has 1 nitrogen and oxygen atoms in total. The molecule has 0 aromatic rings. The van der Waals surface area contributed by atoms with Gasteiger partial charge in [-0.1, -0.05) is 94.1 Å². The molecule has 1 N–H and O–H groups in total. The first-order chi connectivity index (χ1) is 10.4. The smallest absolute Gasteiger partial charge is 0.104 e. The lowest BCUT2D eigenvalue weighted by atomic mass is 10.1. The molecule has 0 aromatic heterocycles. The minimum atomic E-state index is -0.0691. The Hall–Kier alpha value is -1.18. The Morgan fingerprint density at radius 3 is 2.00 bits per heavy atom. The van der Waals surface area contributed by atoms with Gasteiger partial charge in [-0.15, -0.1) is 0 Å². The van der Waals surface area contributed by atoms with Crippen LogP contribution in [0.15, 0.2) is 12.2 Å². The molecule has 118 valence electrons. The number of hydrogen-bond acceptors (Lipinski definition) is 1. The molecule has 0 saturated carbocycles. The van der Waals surface area contributed by atoms with E-state index in [0.717, 1.165) is 6.42 Å². The summed E-state index contributed by atoms with van der Waals surface area (Å²) < 4.78 is 0. The Morgan fingerprint density at radius 2 is 1.33 bits per heavy atom. The van der Waals surface area contributed by atoms with E-state index in [1.165, 1.54) is 64.2 Å². The third-order valence-corrected chi connectivity index (χ3v) is 3.37.